The number of aromatic amines is 1. The van der Waals surface area contributed by atoms with Gasteiger partial charge in [0.1, 0.15) is 11.6 Å². The zero-order valence-electron chi connectivity index (χ0n) is 10.7. The lowest BCUT2D eigenvalue weighted by molar-refractivity contribution is 0.529. The molecule has 1 saturated heterocycles. The second kappa shape index (κ2) is 5.34. The zero-order valence-corrected chi connectivity index (χ0v) is 10.7. The van der Waals surface area contributed by atoms with E-state index in [1.165, 1.54) is 19.3 Å². The fourth-order valence-electron chi connectivity index (χ4n) is 2.51. The number of H-pyrrole nitrogens is 1. The average Bonchev–Trinajstić information content (AvgIpc) is 2.77. The van der Waals surface area contributed by atoms with E-state index < -0.39 is 0 Å². The van der Waals surface area contributed by atoms with Gasteiger partial charge in [0.15, 0.2) is 0 Å². The van der Waals surface area contributed by atoms with Gasteiger partial charge in [0.2, 0.25) is 0 Å². The van der Waals surface area contributed by atoms with Crippen molar-refractivity contribution in [2.75, 3.05) is 18.0 Å². The fraction of sp³-hybridized carbons (Fsp3) is 0.692. The van der Waals surface area contributed by atoms with E-state index in [-0.39, 0.29) is 5.56 Å². The van der Waals surface area contributed by atoms with E-state index in [1.807, 2.05) is 6.92 Å². The van der Waals surface area contributed by atoms with Crippen molar-refractivity contribution >= 4 is 5.82 Å². The second-order valence-electron chi connectivity index (χ2n) is 4.79. The molecule has 94 valence electrons. The van der Waals surface area contributed by atoms with Crippen LogP contribution in [0.3, 0.4) is 0 Å². The molecule has 2 rings (SSSR count). The molecule has 0 bridgehead atoms. The van der Waals surface area contributed by atoms with Crippen molar-refractivity contribution in [3.63, 3.8) is 0 Å². The molecule has 0 spiro atoms. The molecule has 1 aliphatic heterocycles. The van der Waals surface area contributed by atoms with Gasteiger partial charge in [-0.1, -0.05) is 20.3 Å². The van der Waals surface area contributed by atoms with Crippen LogP contribution in [0.2, 0.25) is 0 Å². The molecule has 4 nitrogen and oxygen atoms in total. The molecular weight excluding hydrogens is 214 g/mol. The lowest BCUT2D eigenvalue weighted by Gasteiger charge is -2.17. The molecule has 1 atom stereocenters. The topological polar surface area (TPSA) is 49.0 Å². The molecular formula is C13H21N3O. The van der Waals surface area contributed by atoms with Crippen LogP contribution in [0.25, 0.3) is 0 Å². The summed E-state index contributed by atoms with van der Waals surface area (Å²) in [6, 6.07) is 1.62. The van der Waals surface area contributed by atoms with Crippen molar-refractivity contribution in [2.24, 2.45) is 5.92 Å². The SMILES string of the molecule is CCCC1CCN(c2cc(=O)[nH]c(CC)n2)C1. The molecule has 0 saturated carbocycles. The third-order valence-electron chi connectivity index (χ3n) is 3.42. The first-order valence-electron chi connectivity index (χ1n) is 6.58. The summed E-state index contributed by atoms with van der Waals surface area (Å²) in [6.07, 6.45) is 4.51. The fourth-order valence-corrected chi connectivity index (χ4v) is 2.51. The van der Waals surface area contributed by atoms with Gasteiger partial charge in [0.25, 0.3) is 5.56 Å². The third-order valence-corrected chi connectivity index (χ3v) is 3.42. The van der Waals surface area contributed by atoms with Gasteiger partial charge in [-0.3, -0.25) is 4.79 Å². The minimum atomic E-state index is -0.0363. The van der Waals surface area contributed by atoms with Crippen LogP contribution in [0, 0.1) is 5.92 Å². The number of nitrogens with zero attached hydrogens (tertiary/aromatic N) is 2. The molecule has 0 amide bonds. The van der Waals surface area contributed by atoms with Gasteiger partial charge >= 0.3 is 0 Å². The Morgan fingerprint density at radius 2 is 2.35 bits per heavy atom. The van der Waals surface area contributed by atoms with Crippen molar-refractivity contribution < 1.29 is 0 Å². The largest absolute Gasteiger partial charge is 0.356 e. The first kappa shape index (κ1) is 12.1. The van der Waals surface area contributed by atoms with Gasteiger partial charge in [-0.25, -0.2) is 4.98 Å². The Balaban J connectivity index is 2.13. The highest BCUT2D eigenvalue weighted by atomic mass is 16.1. The average molecular weight is 235 g/mol. The maximum atomic E-state index is 11.5. The molecule has 1 aromatic heterocycles. The van der Waals surface area contributed by atoms with Crippen LogP contribution in [-0.4, -0.2) is 23.1 Å². The number of rotatable bonds is 4. The number of anilines is 1. The maximum absolute atomic E-state index is 11.5. The first-order chi connectivity index (χ1) is 8.22. The summed E-state index contributed by atoms with van der Waals surface area (Å²) in [7, 11) is 0. The Hall–Kier alpha value is -1.32. The molecule has 1 aliphatic rings. The van der Waals surface area contributed by atoms with E-state index in [9.17, 15) is 4.79 Å². The van der Waals surface area contributed by atoms with Gasteiger partial charge < -0.3 is 9.88 Å². The summed E-state index contributed by atoms with van der Waals surface area (Å²) < 4.78 is 0. The summed E-state index contributed by atoms with van der Waals surface area (Å²) >= 11 is 0. The summed E-state index contributed by atoms with van der Waals surface area (Å²) in [5.74, 6) is 2.40. The zero-order chi connectivity index (χ0) is 12.3. The Kier molecular flexibility index (Phi) is 3.82. The molecule has 1 unspecified atom stereocenters. The number of hydrogen-bond acceptors (Lipinski definition) is 3. The van der Waals surface area contributed by atoms with E-state index in [0.717, 1.165) is 37.1 Å². The van der Waals surface area contributed by atoms with Crippen LogP contribution in [-0.2, 0) is 6.42 Å². The summed E-state index contributed by atoms with van der Waals surface area (Å²) in [4.78, 5) is 21.0. The van der Waals surface area contributed by atoms with E-state index in [1.54, 1.807) is 6.07 Å². The molecule has 4 heteroatoms. The molecule has 17 heavy (non-hydrogen) atoms. The van der Waals surface area contributed by atoms with Crippen molar-refractivity contribution in [1.82, 2.24) is 9.97 Å². The van der Waals surface area contributed by atoms with Gasteiger partial charge in [-0.15, -0.1) is 0 Å². The van der Waals surface area contributed by atoms with Crippen molar-refractivity contribution in [2.45, 2.75) is 39.5 Å². The van der Waals surface area contributed by atoms with Gasteiger partial charge in [-0.05, 0) is 18.8 Å². The monoisotopic (exact) mass is 235 g/mol. The number of aryl methyl sites for hydroxylation is 1. The van der Waals surface area contributed by atoms with E-state index in [0.29, 0.717) is 0 Å². The summed E-state index contributed by atoms with van der Waals surface area (Å²) in [5.41, 5.74) is -0.0363. The highest BCUT2D eigenvalue weighted by Gasteiger charge is 2.23. The molecule has 1 fully saturated rings. The Morgan fingerprint density at radius 1 is 1.53 bits per heavy atom. The summed E-state index contributed by atoms with van der Waals surface area (Å²) in [5, 5.41) is 0. The quantitative estimate of drug-likeness (QED) is 0.868. The highest BCUT2D eigenvalue weighted by molar-refractivity contribution is 5.38. The predicted octanol–water partition coefficient (Wildman–Crippen LogP) is 1.96. The molecule has 1 aromatic rings. The number of nitrogens with one attached hydrogen (secondary N) is 1. The minimum Gasteiger partial charge on any atom is -0.356 e. The predicted molar refractivity (Wildman–Crippen MR) is 69.5 cm³/mol. The second-order valence-corrected chi connectivity index (χ2v) is 4.79. The molecule has 0 radical (unpaired) electrons. The van der Waals surface area contributed by atoms with Gasteiger partial charge in [0, 0.05) is 25.6 Å². The molecule has 0 aliphatic carbocycles. The van der Waals surface area contributed by atoms with Gasteiger partial charge in [0.05, 0.1) is 0 Å². The Bertz CT molecular complexity index is 427. The third kappa shape index (κ3) is 2.87. The first-order valence-corrected chi connectivity index (χ1v) is 6.58. The lowest BCUT2D eigenvalue weighted by atomic mass is 10.0. The Labute approximate surface area is 102 Å². The van der Waals surface area contributed by atoms with Crippen LogP contribution in [0.4, 0.5) is 5.82 Å². The van der Waals surface area contributed by atoms with Crippen molar-refractivity contribution in [3.8, 4) is 0 Å². The number of aromatic nitrogens is 2. The van der Waals surface area contributed by atoms with E-state index in [2.05, 4.69) is 21.8 Å². The maximum Gasteiger partial charge on any atom is 0.252 e. The standard InChI is InChI=1S/C13H21N3O/c1-3-5-10-6-7-16(9-10)12-8-13(17)15-11(4-2)14-12/h8,10H,3-7,9H2,1-2H3,(H,14,15,17). The van der Waals surface area contributed by atoms with Crippen LogP contribution < -0.4 is 10.5 Å². The molecule has 2 heterocycles. The Morgan fingerprint density at radius 3 is 3.06 bits per heavy atom. The van der Waals surface area contributed by atoms with Crippen LogP contribution >= 0.6 is 0 Å². The van der Waals surface area contributed by atoms with E-state index >= 15 is 0 Å². The van der Waals surface area contributed by atoms with Crippen molar-refractivity contribution in [1.29, 1.82) is 0 Å². The minimum absolute atomic E-state index is 0.0363. The van der Waals surface area contributed by atoms with Crippen molar-refractivity contribution in [3.05, 3.63) is 22.2 Å². The molecule has 0 aromatic carbocycles. The normalized spacial score (nSPS) is 19.9. The van der Waals surface area contributed by atoms with Crippen LogP contribution in [0.5, 0.6) is 0 Å². The molecule has 1 N–H and O–H groups in total. The summed E-state index contributed by atoms with van der Waals surface area (Å²) in [6.45, 7) is 6.31. The van der Waals surface area contributed by atoms with Crippen LogP contribution in [0.15, 0.2) is 10.9 Å². The smallest absolute Gasteiger partial charge is 0.252 e. The number of hydrogen-bond donors (Lipinski definition) is 1. The van der Waals surface area contributed by atoms with Gasteiger partial charge in [-0.2, -0.15) is 0 Å². The highest BCUT2D eigenvalue weighted by Crippen LogP contribution is 2.24. The lowest BCUT2D eigenvalue weighted by Crippen LogP contribution is -2.24. The van der Waals surface area contributed by atoms with E-state index in [4.69, 9.17) is 0 Å². The van der Waals surface area contributed by atoms with Crippen LogP contribution in [0.1, 0.15) is 38.9 Å².